The molecule has 0 aliphatic carbocycles. The lowest BCUT2D eigenvalue weighted by molar-refractivity contribution is -0.224. The van der Waals surface area contributed by atoms with E-state index < -0.39 is 24.4 Å². The van der Waals surface area contributed by atoms with Crippen molar-refractivity contribution in [3.63, 3.8) is 0 Å². The SMILES string of the molecule is CCCCCCCCCCC#Cc1ccc([C@@](O)(OC(C)=O)[C@@H](N)CO)s1. The highest BCUT2D eigenvalue weighted by Crippen LogP contribution is 2.32. The second kappa shape index (κ2) is 12.9. The molecule has 1 rings (SSSR count). The normalized spacial score (nSPS) is 14.1. The van der Waals surface area contributed by atoms with Crippen molar-refractivity contribution in [1.82, 2.24) is 0 Å². The number of ether oxygens (including phenoxy) is 1. The van der Waals surface area contributed by atoms with Crippen LogP contribution in [-0.4, -0.2) is 28.8 Å². The van der Waals surface area contributed by atoms with Crippen LogP contribution in [-0.2, 0) is 15.3 Å². The third kappa shape index (κ3) is 8.44. The predicted molar refractivity (Wildman–Crippen MR) is 109 cm³/mol. The van der Waals surface area contributed by atoms with Crippen molar-refractivity contribution in [3.05, 3.63) is 21.9 Å². The minimum Gasteiger partial charge on any atom is -0.426 e. The molecular formula is C21H33NO4S. The van der Waals surface area contributed by atoms with Crippen molar-refractivity contribution in [2.75, 3.05) is 6.61 Å². The summed E-state index contributed by atoms with van der Waals surface area (Å²) in [6.45, 7) is 2.90. The smallest absolute Gasteiger partial charge is 0.305 e. The fourth-order valence-corrected chi connectivity index (χ4v) is 3.72. The second-order valence-corrected chi connectivity index (χ2v) is 7.85. The first-order valence-electron chi connectivity index (χ1n) is 9.81. The number of hydrogen-bond acceptors (Lipinski definition) is 6. The van der Waals surface area contributed by atoms with Crippen LogP contribution in [0.5, 0.6) is 0 Å². The second-order valence-electron chi connectivity index (χ2n) is 6.77. The molecule has 152 valence electrons. The van der Waals surface area contributed by atoms with Gasteiger partial charge in [-0.15, -0.1) is 11.3 Å². The average molecular weight is 396 g/mol. The van der Waals surface area contributed by atoms with E-state index in [4.69, 9.17) is 10.5 Å². The van der Waals surface area contributed by atoms with Gasteiger partial charge in [0.1, 0.15) is 0 Å². The molecule has 5 nitrogen and oxygen atoms in total. The van der Waals surface area contributed by atoms with Crippen LogP contribution >= 0.6 is 11.3 Å². The van der Waals surface area contributed by atoms with Crippen molar-refractivity contribution in [3.8, 4) is 11.8 Å². The lowest BCUT2D eigenvalue weighted by Gasteiger charge is -2.30. The monoisotopic (exact) mass is 395 g/mol. The highest BCUT2D eigenvalue weighted by atomic mass is 32.1. The number of aliphatic hydroxyl groups is 2. The maximum atomic E-state index is 11.3. The van der Waals surface area contributed by atoms with Gasteiger partial charge in [0.2, 0.25) is 0 Å². The first kappa shape index (κ1) is 23.6. The van der Waals surface area contributed by atoms with Gasteiger partial charge in [0, 0.05) is 13.3 Å². The summed E-state index contributed by atoms with van der Waals surface area (Å²) >= 11 is 1.21. The van der Waals surface area contributed by atoms with E-state index in [1.165, 1.54) is 63.2 Å². The molecule has 0 unspecified atom stereocenters. The van der Waals surface area contributed by atoms with E-state index in [1.54, 1.807) is 12.1 Å². The standard InChI is InChI=1S/C21H33NO4S/c1-3-4-5-6-7-8-9-10-11-12-13-18-14-15-20(27-18)21(25,19(22)16-23)26-17(2)24/h14-15,19,23,25H,3-11,16,22H2,1-2H3/t19-,21-/m0/s1. The summed E-state index contributed by atoms with van der Waals surface area (Å²) in [5.74, 6) is 3.52. The largest absolute Gasteiger partial charge is 0.426 e. The van der Waals surface area contributed by atoms with Gasteiger partial charge in [-0.25, -0.2) is 0 Å². The van der Waals surface area contributed by atoms with Gasteiger partial charge >= 0.3 is 5.97 Å². The summed E-state index contributed by atoms with van der Waals surface area (Å²) in [6, 6.07) is 2.26. The van der Waals surface area contributed by atoms with Crippen LogP contribution in [0.1, 0.15) is 81.4 Å². The molecule has 1 heterocycles. The molecule has 4 N–H and O–H groups in total. The Labute approximate surface area is 166 Å². The van der Waals surface area contributed by atoms with E-state index in [9.17, 15) is 15.0 Å². The van der Waals surface area contributed by atoms with Gasteiger partial charge in [-0.3, -0.25) is 4.79 Å². The van der Waals surface area contributed by atoms with Crippen molar-refractivity contribution >= 4 is 17.3 Å². The first-order valence-corrected chi connectivity index (χ1v) is 10.6. The number of rotatable bonds is 12. The van der Waals surface area contributed by atoms with Gasteiger partial charge in [0.15, 0.2) is 0 Å². The Hall–Kier alpha value is -1.39. The van der Waals surface area contributed by atoms with E-state index >= 15 is 0 Å². The molecule has 0 amide bonds. The number of carbonyl (C=O) groups excluding carboxylic acids is 1. The fourth-order valence-electron chi connectivity index (χ4n) is 2.75. The molecule has 0 saturated carbocycles. The summed E-state index contributed by atoms with van der Waals surface area (Å²) in [7, 11) is 0. The predicted octanol–water partition coefficient (Wildman–Crippen LogP) is 3.66. The fraction of sp³-hybridized carbons (Fsp3) is 0.667. The number of nitrogens with two attached hydrogens (primary N) is 1. The molecule has 1 aromatic heterocycles. The van der Waals surface area contributed by atoms with Crippen molar-refractivity contribution in [1.29, 1.82) is 0 Å². The molecule has 0 aliphatic rings. The first-order chi connectivity index (χ1) is 12.9. The molecule has 0 aromatic carbocycles. The molecule has 0 aliphatic heterocycles. The quantitative estimate of drug-likeness (QED) is 0.217. The van der Waals surface area contributed by atoms with E-state index in [1.807, 2.05) is 0 Å². The summed E-state index contributed by atoms with van der Waals surface area (Å²) < 4.78 is 4.99. The van der Waals surface area contributed by atoms with Crippen LogP contribution in [0.25, 0.3) is 0 Å². The van der Waals surface area contributed by atoms with Gasteiger partial charge in [0.25, 0.3) is 5.79 Å². The van der Waals surface area contributed by atoms with Crippen LogP contribution in [0.4, 0.5) is 0 Å². The summed E-state index contributed by atoms with van der Waals surface area (Å²) in [5, 5.41) is 19.9. The minimum absolute atomic E-state index is 0.357. The number of hydrogen-bond donors (Lipinski definition) is 3. The van der Waals surface area contributed by atoms with Crippen LogP contribution < -0.4 is 5.73 Å². The lowest BCUT2D eigenvalue weighted by atomic mass is 10.1. The molecule has 1 aromatic rings. The lowest BCUT2D eigenvalue weighted by Crippen LogP contribution is -2.50. The van der Waals surface area contributed by atoms with Gasteiger partial charge in [-0.05, 0) is 18.6 Å². The van der Waals surface area contributed by atoms with Gasteiger partial charge in [-0.1, -0.05) is 63.7 Å². The van der Waals surface area contributed by atoms with Crippen LogP contribution in [0, 0.1) is 11.8 Å². The Kier molecular flexibility index (Phi) is 11.3. The van der Waals surface area contributed by atoms with Crippen LogP contribution in [0.15, 0.2) is 12.1 Å². The zero-order chi connectivity index (χ0) is 20.1. The molecular weight excluding hydrogens is 362 g/mol. The maximum absolute atomic E-state index is 11.3. The van der Waals surface area contributed by atoms with Crippen molar-refractivity contribution < 1.29 is 19.7 Å². The molecule has 0 bridgehead atoms. The van der Waals surface area contributed by atoms with E-state index in [0.29, 0.717) is 4.88 Å². The Morgan fingerprint density at radius 1 is 1.22 bits per heavy atom. The minimum atomic E-state index is -2.04. The zero-order valence-electron chi connectivity index (χ0n) is 16.5. The van der Waals surface area contributed by atoms with Crippen molar-refractivity contribution in [2.45, 2.75) is 83.5 Å². The molecule has 0 radical (unpaired) electrons. The van der Waals surface area contributed by atoms with Crippen LogP contribution in [0.3, 0.4) is 0 Å². The average Bonchev–Trinajstić information content (AvgIpc) is 3.11. The Morgan fingerprint density at radius 2 is 1.85 bits per heavy atom. The number of carbonyl (C=O) groups is 1. The maximum Gasteiger partial charge on any atom is 0.305 e. The molecule has 27 heavy (non-hydrogen) atoms. The van der Waals surface area contributed by atoms with E-state index in [2.05, 4.69) is 18.8 Å². The highest BCUT2D eigenvalue weighted by molar-refractivity contribution is 7.12. The summed E-state index contributed by atoms with van der Waals surface area (Å²) in [4.78, 5) is 12.4. The third-order valence-electron chi connectivity index (χ3n) is 4.32. The Balaban J connectivity index is 2.48. The Bertz CT molecular complexity index is 619. The zero-order valence-corrected chi connectivity index (χ0v) is 17.3. The van der Waals surface area contributed by atoms with Gasteiger partial charge < -0.3 is 20.7 Å². The third-order valence-corrected chi connectivity index (χ3v) is 5.43. The summed E-state index contributed by atoms with van der Waals surface area (Å²) in [6.07, 6.45) is 11.0. The van der Waals surface area contributed by atoms with Gasteiger partial charge in [-0.2, -0.15) is 0 Å². The number of aliphatic hydroxyl groups excluding tert-OH is 1. The molecule has 0 saturated heterocycles. The van der Waals surface area contributed by atoms with E-state index in [-0.39, 0.29) is 0 Å². The summed E-state index contributed by atoms with van der Waals surface area (Å²) in [5.41, 5.74) is 5.74. The number of esters is 1. The Morgan fingerprint density at radius 3 is 2.44 bits per heavy atom. The molecule has 6 heteroatoms. The topological polar surface area (TPSA) is 92.8 Å². The molecule has 0 spiro atoms. The number of thiophene rings is 1. The molecule has 0 fully saturated rings. The van der Waals surface area contributed by atoms with Crippen LogP contribution in [0.2, 0.25) is 0 Å². The van der Waals surface area contributed by atoms with E-state index in [0.717, 1.165) is 17.7 Å². The van der Waals surface area contributed by atoms with Gasteiger partial charge in [0.05, 0.1) is 22.4 Å². The molecule has 2 atom stereocenters. The number of unbranched alkanes of at least 4 members (excludes halogenated alkanes) is 8. The van der Waals surface area contributed by atoms with Crippen molar-refractivity contribution in [2.24, 2.45) is 5.73 Å². The highest BCUT2D eigenvalue weighted by Gasteiger charge is 2.41.